The number of rotatable bonds is 6. The summed E-state index contributed by atoms with van der Waals surface area (Å²) in [6, 6.07) is 6.69. The van der Waals surface area contributed by atoms with E-state index in [4.69, 9.17) is 11.6 Å². The number of halogens is 2. The highest BCUT2D eigenvalue weighted by Gasteiger charge is 2.19. The molecule has 1 atom stereocenters. The van der Waals surface area contributed by atoms with Crippen molar-refractivity contribution in [2.75, 3.05) is 19.6 Å². The predicted molar refractivity (Wildman–Crippen MR) is 90.3 cm³/mol. The highest BCUT2D eigenvalue weighted by atomic mass is 79.9. The van der Waals surface area contributed by atoms with Gasteiger partial charge in [-0.1, -0.05) is 41.4 Å². The van der Waals surface area contributed by atoms with Gasteiger partial charge in [0.15, 0.2) is 0 Å². The lowest BCUT2D eigenvalue weighted by Crippen LogP contribution is -2.39. The van der Waals surface area contributed by atoms with E-state index in [-0.39, 0.29) is 0 Å². The first-order valence-electron chi connectivity index (χ1n) is 7.44. The second-order valence-electron chi connectivity index (χ2n) is 6.12. The Bertz CT molecular complexity index is 430. The maximum absolute atomic E-state index is 6.12. The van der Waals surface area contributed by atoms with Crippen molar-refractivity contribution >= 4 is 27.5 Å². The molecular formula is C16H24BrClN2. The minimum absolute atomic E-state index is 0.645. The van der Waals surface area contributed by atoms with E-state index in [1.54, 1.807) is 0 Å². The summed E-state index contributed by atoms with van der Waals surface area (Å²) in [5.41, 5.74) is 1.27. The van der Waals surface area contributed by atoms with E-state index in [1.807, 2.05) is 12.1 Å². The fourth-order valence-corrected chi connectivity index (χ4v) is 3.42. The van der Waals surface area contributed by atoms with Crippen LogP contribution in [-0.2, 0) is 6.54 Å². The maximum atomic E-state index is 6.12. The van der Waals surface area contributed by atoms with Gasteiger partial charge in [-0.15, -0.1) is 0 Å². The molecule has 1 unspecified atom stereocenters. The van der Waals surface area contributed by atoms with E-state index in [2.05, 4.69) is 46.1 Å². The summed E-state index contributed by atoms with van der Waals surface area (Å²) in [6.45, 7) is 8.93. The molecule has 2 rings (SSSR count). The van der Waals surface area contributed by atoms with Crippen LogP contribution >= 0.6 is 27.5 Å². The van der Waals surface area contributed by atoms with E-state index in [0.717, 1.165) is 29.1 Å². The number of hydrogen-bond donors (Lipinski definition) is 1. The number of benzene rings is 1. The zero-order valence-corrected chi connectivity index (χ0v) is 14.7. The van der Waals surface area contributed by atoms with Gasteiger partial charge in [0.05, 0.1) is 0 Å². The van der Waals surface area contributed by atoms with Crippen molar-refractivity contribution in [3.8, 4) is 0 Å². The van der Waals surface area contributed by atoms with Gasteiger partial charge < -0.3 is 5.32 Å². The molecule has 1 aromatic carbocycles. The van der Waals surface area contributed by atoms with Crippen LogP contribution < -0.4 is 5.32 Å². The molecular weight excluding hydrogens is 336 g/mol. The molecule has 1 aliphatic rings. The molecule has 112 valence electrons. The van der Waals surface area contributed by atoms with Crippen molar-refractivity contribution in [1.82, 2.24) is 10.2 Å². The van der Waals surface area contributed by atoms with Crippen molar-refractivity contribution in [2.45, 2.75) is 39.3 Å². The zero-order chi connectivity index (χ0) is 14.5. The number of hydrogen-bond acceptors (Lipinski definition) is 2. The largest absolute Gasteiger partial charge is 0.313 e. The first kappa shape index (κ1) is 16.3. The summed E-state index contributed by atoms with van der Waals surface area (Å²) in [4.78, 5) is 2.55. The Balaban J connectivity index is 2.03. The van der Waals surface area contributed by atoms with Crippen LogP contribution in [-0.4, -0.2) is 30.6 Å². The lowest BCUT2D eigenvalue weighted by molar-refractivity contribution is 0.216. The molecule has 20 heavy (non-hydrogen) atoms. The van der Waals surface area contributed by atoms with E-state index < -0.39 is 0 Å². The van der Waals surface area contributed by atoms with Crippen molar-refractivity contribution in [2.24, 2.45) is 5.92 Å². The smallest absolute Gasteiger partial charge is 0.0410 e. The van der Waals surface area contributed by atoms with Gasteiger partial charge in [0.2, 0.25) is 0 Å². The second-order valence-corrected chi connectivity index (χ2v) is 7.41. The van der Waals surface area contributed by atoms with Crippen LogP contribution in [0.5, 0.6) is 0 Å². The van der Waals surface area contributed by atoms with Crippen LogP contribution in [0.4, 0.5) is 0 Å². The fourth-order valence-electron chi connectivity index (χ4n) is 2.85. The Morgan fingerprint density at radius 3 is 2.90 bits per heavy atom. The molecule has 0 spiro atoms. The fraction of sp³-hybridized carbons (Fsp3) is 0.625. The molecule has 0 bridgehead atoms. The Labute approximate surface area is 136 Å². The summed E-state index contributed by atoms with van der Waals surface area (Å²) >= 11 is 9.76. The quantitative estimate of drug-likeness (QED) is 0.814. The monoisotopic (exact) mass is 358 g/mol. The molecule has 1 N–H and O–H groups in total. The third-order valence-corrected chi connectivity index (χ3v) is 4.67. The summed E-state index contributed by atoms with van der Waals surface area (Å²) in [5, 5.41) is 4.40. The van der Waals surface area contributed by atoms with Crippen LogP contribution in [0.1, 0.15) is 32.3 Å². The molecule has 1 fully saturated rings. The molecule has 0 aliphatic carbocycles. The van der Waals surface area contributed by atoms with Gasteiger partial charge in [-0.3, -0.25) is 4.90 Å². The van der Waals surface area contributed by atoms with Crippen molar-refractivity contribution in [1.29, 1.82) is 0 Å². The lowest BCUT2D eigenvalue weighted by atomic mass is 10.1. The van der Waals surface area contributed by atoms with Crippen molar-refractivity contribution in [3.63, 3.8) is 0 Å². The van der Waals surface area contributed by atoms with Crippen LogP contribution in [0.2, 0.25) is 5.02 Å². The molecule has 1 aromatic rings. The molecule has 0 saturated carbocycles. The molecule has 2 nitrogen and oxygen atoms in total. The zero-order valence-electron chi connectivity index (χ0n) is 12.3. The normalized spacial score (nSPS) is 19.2. The average molecular weight is 360 g/mol. The first-order valence-corrected chi connectivity index (χ1v) is 8.61. The van der Waals surface area contributed by atoms with E-state index in [1.165, 1.54) is 24.9 Å². The molecule has 4 heteroatoms. The van der Waals surface area contributed by atoms with Gasteiger partial charge in [0.25, 0.3) is 0 Å². The van der Waals surface area contributed by atoms with Crippen LogP contribution in [0.3, 0.4) is 0 Å². The SMILES string of the molecule is CC(C)CN(Cc1cc(Cl)ccc1Br)CC1CCCN1. The van der Waals surface area contributed by atoms with E-state index in [9.17, 15) is 0 Å². The van der Waals surface area contributed by atoms with E-state index >= 15 is 0 Å². The average Bonchev–Trinajstić information content (AvgIpc) is 2.86. The van der Waals surface area contributed by atoms with Gasteiger partial charge in [-0.25, -0.2) is 0 Å². The summed E-state index contributed by atoms with van der Waals surface area (Å²) in [6.07, 6.45) is 2.60. The summed E-state index contributed by atoms with van der Waals surface area (Å²) in [5.74, 6) is 0.675. The van der Waals surface area contributed by atoms with Crippen molar-refractivity contribution in [3.05, 3.63) is 33.3 Å². The first-order chi connectivity index (χ1) is 9.54. The molecule has 0 aromatic heterocycles. The third-order valence-electron chi connectivity index (χ3n) is 3.67. The van der Waals surface area contributed by atoms with Gasteiger partial charge in [-0.2, -0.15) is 0 Å². The van der Waals surface area contributed by atoms with Crippen molar-refractivity contribution < 1.29 is 0 Å². The summed E-state index contributed by atoms with van der Waals surface area (Å²) in [7, 11) is 0. The Hall–Kier alpha value is -0.0900. The predicted octanol–water partition coefficient (Wildman–Crippen LogP) is 4.31. The Morgan fingerprint density at radius 2 is 2.25 bits per heavy atom. The minimum atomic E-state index is 0.645. The molecule has 1 saturated heterocycles. The highest BCUT2D eigenvalue weighted by Crippen LogP contribution is 2.23. The molecule has 0 radical (unpaired) electrons. The molecule has 1 aliphatic heterocycles. The van der Waals surface area contributed by atoms with Gasteiger partial charge in [-0.05, 0) is 49.1 Å². The maximum Gasteiger partial charge on any atom is 0.0410 e. The van der Waals surface area contributed by atoms with Crippen LogP contribution in [0.25, 0.3) is 0 Å². The standard InChI is InChI=1S/C16H24BrClN2/c1-12(2)9-20(11-15-4-3-7-19-15)10-13-8-14(18)5-6-16(13)17/h5-6,8,12,15,19H,3-4,7,9-11H2,1-2H3. The Kier molecular flexibility index (Phi) is 6.34. The van der Waals surface area contributed by atoms with Gasteiger partial charge in [0, 0.05) is 35.2 Å². The molecule has 1 heterocycles. The summed E-state index contributed by atoms with van der Waals surface area (Å²) < 4.78 is 1.15. The Morgan fingerprint density at radius 1 is 1.45 bits per heavy atom. The van der Waals surface area contributed by atoms with Crippen LogP contribution in [0, 0.1) is 5.92 Å². The van der Waals surface area contributed by atoms with Gasteiger partial charge in [0.1, 0.15) is 0 Å². The number of nitrogens with zero attached hydrogens (tertiary/aromatic N) is 1. The second kappa shape index (κ2) is 7.79. The van der Waals surface area contributed by atoms with Gasteiger partial charge >= 0.3 is 0 Å². The topological polar surface area (TPSA) is 15.3 Å². The van der Waals surface area contributed by atoms with Crippen LogP contribution in [0.15, 0.2) is 22.7 Å². The number of nitrogens with one attached hydrogen (secondary N) is 1. The third kappa shape index (κ3) is 5.03. The minimum Gasteiger partial charge on any atom is -0.313 e. The molecule has 0 amide bonds. The van der Waals surface area contributed by atoms with E-state index in [0.29, 0.717) is 12.0 Å². The lowest BCUT2D eigenvalue weighted by Gasteiger charge is -2.27. The highest BCUT2D eigenvalue weighted by molar-refractivity contribution is 9.10.